The highest BCUT2D eigenvalue weighted by Gasteiger charge is 2.37. The van der Waals surface area contributed by atoms with Crippen LogP contribution in [0.1, 0.15) is 5.56 Å². The molecule has 0 unspecified atom stereocenters. The first kappa shape index (κ1) is 21.6. The molecule has 3 amide bonds. The number of imide groups is 1. The highest BCUT2D eigenvalue weighted by molar-refractivity contribution is 6.30. The molecule has 0 radical (unpaired) electrons. The number of urea groups is 1. The van der Waals surface area contributed by atoms with Crippen LogP contribution < -0.4 is 9.64 Å². The zero-order valence-electron chi connectivity index (χ0n) is 16.3. The third-order valence-electron chi connectivity index (χ3n) is 4.72. The summed E-state index contributed by atoms with van der Waals surface area (Å²) in [5.74, 6) is -0.939. The summed E-state index contributed by atoms with van der Waals surface area (Å²) in [7, 11) is 0. The Morgan fingerprint density at radius 1 is 1.03 bits per heavy atom. The zero-order valence-corrected chi connectivity index (χ0v) is 17.1. The van der Waals surface area contributed by atoms with Crippen LogP contribution >= 0.6 is 11.6 Å². The first-order chi connectivity index (χ1) is 15.2. The number of amides is 3. The third kappa shape index (κ3) is 4.67. The van der Waals surface area contributed by atoms with Gasteiger partial charge in [0.25, 0.3) is 5.91 Å². The number of pyridine rings is 1. The molecule has 1 aliphatic heterocycles. The fraction of sp³-hybridized carbons (Fsp3) is 0.136. The van der Waals surface area contributed by atoms with Crippen molar-refractivity contribution in [1.29, 1.82) is 0 Å². The van der Waals surface area contributed by atoms with Gasteiger partial charge in [0, 0.05) is 16.8 Å². The molecule has 0 N–H and O–H groups in total. The number of hydrogen-bond donors (Lipinski definition) is 0. The second-order valence-electron chi connectivity index (χ2n) is 6.93. The minimum absolute atomic E-state index is 0.117. The van der Waals surface area contributed by atoms with Crippen molar-refractivity contribution in [3.63, 3.8) is 0 Å². The van der Waals surface area contributed by atoms with E-state index in [1.165, 1.54) is 17.0 Å². The van der Waals surface area contributed by atoms with E-state index in [4.69, 9.17) is 11.6 Å². The summed E-state index contributed by atoms with van der Waals surface area (Å²) < 4.78 is 40.8. The van der Waals surface area contributed by atoms with Crippen LogP contribution in [-0.2, 0) is 11.3 Å². The summed E-state index contributed by atoms with van der Waals surface area (Å²) in [6, 6.07) is 14.6. The summed E-state index contributed by atoms with van der Waals surface area (Å²) in [6.07, 6.45) is -3.21. The molecule has 32 heavy (non-hydrogen) atoms. The molecule has 0 atom stereocenters. The van der Waals surface area contributed by atoms with E-state index in [2.05, 4.69) is 9.72 Å². The van der Waals surface area contributed by atoms with Gasteiger partial charge in [0.2, 0.25) is 0 Å². The van der Waals surface area contributed by atoms with Crippen molar-refractivity contribution in [2.45, 2.75) is 12.9 Å². The molecule has 164 valence electrons. The van der Waals surface area contributed by atoms with Crippen LogP contribution in [0.4, 0.5) is 23.7 Å². The molecule has 0 bridgehead atoms. The predicted molar refractivity (Wildman–Crippen MR) is 111 cm³/mol. The number of rotatable bonds is 5. The Morgan fingerprint density at radius 3 is 2.47 bits per heavy atom. The minimum atomic E-state index is -4.83. The normalized spacial score (nSPS) is 14.2. The van der Waals surface area contributed by atoms with Crippen molar-refractivity contribution in [2.24, 2.45) is 0 Å². The maximum atomic E-state index is 12.9. The highest BCUT2D eigenvalue weighted by atomic mass is 35.5. The van der Waals surface area contributed by atoms with Gasteiger partial charge < -0.3 is 9.64 Å². The molecule has 3 aromatic rings. The number of nitrogens with zero attached hydrogens (tertiary/aromatic N) is 3. The second kappa shape index (κ2) is 8.51. The zero-order chi connectivity index (χ0) is 22.9. The maximum Gasteiger partial charge on any atom is 0.573 e. The molecule has 2 heterocycles. The van der Waals surface area contributed by atoms with Gasteiger partial charge >= 0.3 is 12.4 Å². The van der Waals surface area contributed by atoms with Gasteiger partial charge in [-0.2, -0.15) is 0 Å². The van der Waals surface area contributed by atoms with E-state index >= 15 is 0 Å². The smallest absolute Gasteiger partial charge is 0.406 e. The van der Waals surface area contributed by atoms with Gasteiger partial charge in [-0.05, 0) is 48.0 Å². The lowest BCUT2D eigenvalue weighted by Gasteiger charge is -2.19. The van der Waals surface area contributed by atoms with E-state index < -0.39 is 24.1 Å². The number of aromatic nitrogens is 1. The van der Waals surface area contributed by atoms with Crippen molar-refractivity contribution in [3.8, 4) is 17.0 Å². The van der Waals surface area contributed by atoms with E-state index in [1.54, 1.807) is 36.5 Å². The lowest BCUT2D eigenvalue weighted by Crippen LogP contribution is -2.32. The van der Waals surface area contributed by atoms with Crippen LogP contribution in [0.2, 0.25) is 5.02 Å². The molecule has 2 aromatic carbocycles. The Kier molecular flexibility index (Phi) is 5.75. The van der Waals surface area contributed by atoms with Crippen molar-refractivity contribution < 1.29 is 27.5 Å². The van der Waals surface area contributed by atoms with Crippen LogP contribution in [0, 0.1) is 0 Å². The predicted octanol–water partition coefficient (Wildman–Crippen LogP) is 5.27. The number of halogens is 4. The molecule has 1 aromatic heterocycles. The molecule has 6 nitrogen and oxygen atoms in total. The molecule has 10 heteroatoms. The van der Waals surface area contributed by atoms with Crippen molar-refractivity contribution >= 4 is 29.2 Å². The number of hydrogen-bond acceptors (Lipinski definition) is 4. The standard InChI is InChI=1S/C22H15ClF3N3O3/c23-16-5-1-3-14(11-16)20-15(4-2-10-27-20)12-28-13-19(30)29(21(28)31)17-6-8-18(9-7-17)32-22(24,25)26/h1-11H,12-13H2. The molecule has 0 aliphatic carbocycles. The SMILES string of the molecule is O=C1CN(Cc2cccnc2-c2cccc(Cl)c2)C(=O)N1c1ccc(OC(F)(F)F)cc1. The molecule has 4 rings (SSSR count). The highest BCUT2D eigenvalue weighted by Crippen LogP contribution is 2.29. The second-order valence-corrected chi connectivity index (χ2v) is 7.37. The molecule has 0 spiro atoms. The molecular weight excluding hydrogens is 447 g/mol. The van der Waals surface area contributed by atoms with E-state index in [9.17, 15) is 22.8 Å². The summed E-state index contributed by atoms with van der Waals surface area (Å²) >= 11 is 6.08. The Hall–Kier alpha value is -3.59. The van der Waals surface area contributed by atoms with Gasteiger partial charge in [-0.1, -0.05) is 29.8 Å². The number of benzene rings is 2. The summed E-state index contributed by atoms with van der Waals surface area (Å²) in [4.78, 5) is 32.1. The van der Waals surface area contributed by atoms with Crippen LogP contribution in [0.5, 0.6) is 5.75 Å². The lowest BCUT2D eigenvalue weighted by atomic mass is 10.1. The van der Waals surface area contributed by atoms with Crippen LogP contribution in [0.3, 0.4) is 0 Å². The number of carbonyl (C=O) groups excluding carboxylic acids is 2. The summed E-state index contributed by atoms with van der Waals surface area (Å²) in [6.45, 7) is -0.0600. The molecule has 0 saturated carbocycles. The Morgan fingerprint density at radius 2 is 1.78 bits per heavy atom. The first-order valence-corrected chi connectivity index (χ1v) is 9.76. The van der Waals surface area contributed by atoms with E-state index in [0.29, 0.717) is 16.3 Å². The van der Waals surface area contributed by atoms with Gasteiger partial charge in [0.15, 0.2) is 0 Å². The van der Waals surface area contributed by atoms with Gasteiger partial charge in [-0.15, -0.1) is 13.2 Å². The largest absolute Gasteiger partial charge is 0.573 e. The monoisotopic (exact) mass is 461 g/mol. The fourth-order valence-corrected chi connectivity index (χ4v) is 3.58. The summed E-state index contributed by atoms with van der Waals surface area (Å²) in [5.41, 5.74) is 2.26. The quantitative estimate of drug-likeness (QED) is 0.486. The maximum absolute atomic E-state index is 12.9. The first-order valence-electron chi connectivity index (χ1n) is 9.39. The fourth-order valence-electron chi connectivity index (χ4n) is 3.39. The van der Waals surface area contributed by atoms with Gasteiger partial charge in [0.1, 0.15) is 12.3 Å². The van der Waals surface area contributed by atoms with Crippen LogP contribution in [-0.4, -0.2) is 34.7 Å². The van der Waals surface area contributed by atoms with Crippen molar-refractivity contribution in [1.82, 2.24) is 9.88 Å². The molecular formula is C22H15ClF3N3O3. The van der Waals surface area contributed by atoms with Crippen LogP contribution in [0.15, 0.2) is 66.9 Å². The Bertz CT molecular complexity index is 1170. The van der Waals surface area contributed by atoms with Gasteiger partial charge in [-0.25, -0.2) is 9.69 Å². The number of alkyl halides is 3. The average molecular weight is 462 g/mol. The molecule has 1 saturated heterocycles. The molecule has 1 fully saturated rings. The van der Waals surface area contributed by atoms with E-state index in [1.807, 2.05) is 6.07 Å². The third-order valence-corrected chi connectivity index (χ3v) is 4.95. The Labute approximate surface area is 185 Å². The number of ether oxygens (including phenoxy) is 1. The topological polar surface area (TPSA) is 62.7 Å². The van der Waals surface area contributed by atoms with Crippen molar-refractivity contribution in [3.05, 3.63) is 77.4 Å². The van der Waals surface area contributed by atoms with Crippen molar-refractivity contribution in [2.75, 3.05) is 11.4 Å². The minimum Gasteiger partial charge on any atom is -0.406 e. The average Bonchev–Trinajstić information content (AvgIpc) is 3.01. The lowest BCUT2D eigenvalue weighted by molar-refractivity contribution is -0.274. The number of carbonyl (C=O) groups is 2. The summed E-state index contributed by atoms with van der Waals surface area (Å²) in [5, 5.41) is 0.538. The van der Waals surface area contributed by atoms with E-state index in [0.717, 1.165) is 22.6 Å². The van der Waals surface area contributed by atoms with Crippen LogP contribution in [0.25, 0.3) is 11.3 Å². The molecule has 1 aliphatic rings. The Balaban J connectivity index is 1.55. The van der Waals surface area contributed by atoms with Gasteiger partial charge in [-0.3, -0.25) is 9.78 Å². The number of anilines is 1. The van der Waals surface area contributed by atoms with Gasteiger partial charge in [0.05, 0.1) is 17.9 Å². The van der Waals surface area contributed by atoms with E-state index in [-0.39, 0.29) is 18.8 Å².